The molecule has 1 aliphatic carbocycles. The summed E-state index contributed by atoms with van der Waals surface area (Å²) >= 11 is 0. The molecule has 3 heteroatoms. The molecular weight excluding hydrogens is 192 g/mol. The topological polar surface area (TPSA) is 43.4 Å². The average molecular weight is 212 g/mol. The first-order valence-electron chi connectivity index (χ1n) is 5.79. The van der Waals surface area contributed by atoms with E-state index in [-0.39, 0.29) is 11.8 Å². The van der Waals surface area contributed by atoms with Crippen molar-refractivity contribution in [3.63, 3.8) is 0 Å². The minimum atomic E-state index is -0.788. The van der Waals surface area contributed by atoms with Crippen LogP contribution in [-0.2, 0) is 14.3 Å². The molecule has 0 radical (unpaired) electrons. The van der Waals surface area contributed by atoms with Crippen LogP contribution in [0.4, 0.5) is 0 Å². The lowest BCUT2D eigenvalue weighted by Gasteiger charge is -2.23. The smallest absolute Gasteiger partial charge is 0.319 e. The third-order valence-electron chi connectivity index (χ3n) is 3.32. The van der Waals surface area contributed by atoms with E-state index in [1.54, 1.807) is 0 Å². The van der Waals surface area contributed by atoms with E-state index < -0.39 is 5.41 Å². The molecule has 0 heterocycles. The van der Waals surface area contributed by atoms with Crippen molar-refractivity contribution in [2.24, 2.45) is 5.41 Å². The quantitative estimate of drug-likeness (QED) is 0.399. The van der Waals surface area contributed by atoms with Gasteiger partial charge in [0.25, 0.3) is 0 Å². The number of rotatable bonds is 5. The van der Waals surface area contributed by atoms with Crippen LogP contribution in [0.3, 0.4) is 0 Å². The van der Waals surface area contributed by atoms with E-state index >= 15 is 0 Å². The molecule has 0 saturated heterocycles. The molecule has 1 saturated carbocycles. The van der Waals surface area contributed by atoms with Crippen LogP contribution in [0.1, 0.15) is 51.9 Å². The Bertz CT molecular complexity index is 247. The summed E-state index contributed by atoms with van der Waals surface area (Å²) in [5, 5.41) is 0. The molecule has 0 aromatic rings. The molecule has 0 spiro atoms. The average Bonchev–Trinajstić information content (AvgIpc) is 2.61. The van der Waals surface area contributed by atoms with Gasteiger partial charge in [-0.05, 0) is 19.3 Å². The number of ether oxygens (including phenoxy) is 1. The molecule has 1 rings (SSSR count). The van der Waals surface area contributed by atoms with E-state index in [0.717, 1.165) is 25.7 Å². The van der Waals surface area contributed by atoms with Gasteiger partial charge in [-0.2, -0.15) is 0 Å². The number of hydrogen-bond acceptors (Lipinski definition) is 3. The molecule has 0 aromatic heterocycles. The maximum absolute atomic E-state index is 11.8. The molecule has 1 fully saturated rings. The van der Waals surface area contributed by atoms with Crippen molar-refractivity contribution in [3.05, 3.63) is 0 Å². The predicted octanol–water partition coefficient (Wildman–Crippen LogP) is 2.48. The Kier molecular flexibility index (Phi) is 4.30. The number of hydrogen-bond donors (Lipinski definition) is 0. The summed E-state index contributed by atoms with van der Waals surface area (Å²) < 4.78 is 4.78. The van der Waals surface area contributed by atoms with Crippen molar-refractivity contribution >= 4 is 11.8 Å². The lowest BCUT2D eigenvalue weighted by Crippen LogP contribution is -2.36. The molecule has 0 N–H and O–H groups in total. The SMILES string of the molecule is CCCCCC1(C(=O)OC)CCCC1=O. The standard InChI is InChI=1S/C12H20O3/c1-3-4-5-8-12(11(14)15-2)9-6-7-10(12)13/h3-9H2,1-2H3. The second-order valence-corrected chi connectivity index (χ2v) is 4.31. The minimum Gasteiger partial charge on any atom is -0.468 e. The molecule has 0 bridgehead atoms. The van der Waals surface area contributed by atoms with Crippen molar-refractivity contribution in [1.82, 2.24) is 0 Å². The Morgan fingerprint density at radius 3 is 2.67 bits per heavy atom. The Hall–Kier alpha value is -0.860. The zero-order chi connectivity index (χ0) is 11.3. The van der Waals surface area contributed by atoms with Crippen molar-refractivity contribution < 1.29 is 14.3 Å². The highest BCUT2D eigenvalue weighted by Gasteiger charge is 2.48. The molecule has 1 unspecified atom stereocenters. The minimum absolute atomic E-state index is 0.0884. The fourth-order valence-corrected chi connectivity index (χ4v) is 2.38. The van der Waals surface area contributed by atoms with Crippen LogP contribution in [0.5, 0.6) is 0 Å². The van der Waals surface area contributed by atoms with Gasteiger partial charge in [-0.1, -0.05) is 26.2 Å². The molecule has 0 aliphatic heterocycles. The highest BCUT2D eigenvalue weighted by molar-refractivity contribution is 6.05. The van der Waals surface area contributed by atoms with Gasteiger partial charge in [0.1, 0.15) is 11.2 Å². The maximum atomic E-state index is 11.8. The summed E-state index contributed by atoms with van der Waals surface area (Å²) in [4.78, 5) is 23.5. The second-order valence-electron chi connectivity index (χ2n) is 4.31. The number of Topliss-reactive ketones (excluding diaryl/α,β-unsaturated/α-hetero) is 1. The van der Waals surface area contributed by atoms with Gasteiger partial charge in [0.15, 0.2) is 0 Å². The molecule has 15 heavy (non-hydrogen) atoms. The summed E-state index contributed by atoms with van der Waals surface area (Å²) in [5.74, 6) is -0.230. The first kappa shape index (κ1) is 12.2. The largest absolute Gasteiger partial charge is 0.468 e. The van der Waals surface area contributed by atoms with Crippen molar-refractivity contribution in [1.29, 1.82) is 0 Å². The summed E-state index contributed by atoms with van der Waals surface area (Å²) in [6.07, 6.45) is 5.85. The number of carbonyl (C=O) groups excluding carboxylic acids is 2. The van der Waals surface area contributed by atoms with Gasteiger partial charge in [-0.25, -0.2) is 0 Å². The number of ketones is 1. The van der Waals surface area contributed by atoms with Crippen LogP contribution in [0.2, 0.25) is 0 Å². The van der Waals surface area contributed by atoms with Crippen LogP contribution >= 0.6 is 0 Å². The van der Waals surface area contributed by atoms with E-state index in [9.17, 15) is 9.59 Å². The van der Waals surface area contributed by atoms with Gasteiger partial charge in [-0.15, -0.1) is 0 Å². The Labute approximate surface area is 91.2 Å². The van der Waals surface area contributed by atoms with Crippen molar-refractivity contribution in [2.75, 3.05) is 7.11 Å². The number of esters is 1. The summed E-state index contributed by atoms with van der Waals surface area (Å²) in [6, 6.07) is 0. The first-order chi connectivity index (χ1) is 7.17. The summed E-state index contributed by atoms with van der Waals surface area (Å²) in [6.45, 7) is 2.11. The van der Waals surface area contributed by atoms with Crippen LogP contribution in [0.25, 0.3) is 0 Å². The molecule has 1 aliphatic rings. The molecule has 86 valence electrons. The highest BCUT2D eigenvalue weighted by atomic mass is 16.5. The van der Waals surface area contributed by atoms with Gasteiger partial charge >= 0.3 is 5.97 Å². The van der Waals surface area contributed by atoms with Crippen LogP contribution < -0.4 is 0 Å². The van der Waals surface area contributed by atoms with Crippen LogP contribution in [-0.4, -0.2) is 18.9 Å². The number of carbonyl (C=O) groups is 2. The highest BCUT2D eigenvalue weighted by Crippen LogP contribution is 2.40. The van der Waals surface area contributed by atoms with Crippen molar-refractivity contribution in [2.45, 2.75) is 51.9 Å². The first-order valence-corrected chi connectivity index (χ1v) is 5.79. The van der Waals surface area contributed by atoms with E-state index in [1.807, 2.05) is 0 Å². The fraction of sp³-hybridized carbons (Fsp3) is 0.833. The van der Waals surface area contributed by atoms with Crippen LogP contribution in [0, 0.1) is 5.41 Å². The predicted molar refractivity (Wildman–Crippen MR) is 57.4 cm³/mol. The third-order valence-corrected chi connectivity index (χ3v) is 3.32. The monoisotopic (exact) mass is 212 g/mol. The van der Waals surface area contributed by atoms with Gasteiger partial charge in [0, 0.05) is 6.42 Å². The van der Waals surface area contributed by atoms with E-state index in [1.165, 1.54) is 7.11 Å². The van der Waals surface area contributed by atoms with Crippen molar-refractivity contribution in [3.8, 4) is 0 Å². The van der Waals surface area contributed by atoms with Gasteiger partial charge < -0.3 is 4.74 Å². The summed E-state index contributed by atoms with van der Waals surface area (Å²) in [7, 11) is 1.37. The summed E-state index contributed by atoms with van der Waals surface area (Å²) in [5.41, 5.74) is -0.788. The van der Waals surface area contributed by atoms with Gasteiger partial charge in [0.05, 0.1) is 7.11 Å². The molecule has 3 nitrogen and oxygen atoms in total. The molecule has 1 atom stereocenters. The Morgan fingerprint density at radius 1 is 1.47 bits per heavy atom. The van der Waals surface area contributed by atoms with E-state index in [0.29, 0.717) is 19.3 Å². The normalized spacial score (nSPS) is 25.6. The fourth-order valence-electron chi connectivity index (χ4n) is 2.38. The van der Waals surface area contributed by atoms with E-state index in [4.69, 9.17) is 4.74 Å². The lowest BCUT2D eigenvalue weighted by molar-refractivity contribution is -0.157. The second kappa shape index (κ2) is 5.29. The maximum Gasteiger partial charge on any atom is 0.319 e. The molecule has 0 aromatic carbocycles. The Balaban J connectivity index is 2.68. The number of methoxy groups -OCH3 is 1. The molecule has 0 amide bonds. The van der Waals surface area contributed by atoms with Gasteiger partial charge in [0.2, 0.25) is 0 Å². The number of unbranched alkanes of at least 4 members (excludes halogenated alkanes) is 2. The zero-order valence-electron chi connectivity index (χ0n) is 9.67. The lowest BCUT2D eigenvalue weighted by atomic mass is 9.80. The van der Waals surface area contributed by atoms with Crippen LogP contribution in [0.15, 0.2) is 0 Å². The van der Waals surface area contributed by atoms with E-state index in [2.05, 4.69) is 6.92 Å². The third kappa shape index (κ3) is 2.39. The molecular formula is C12H20O3. The van der Waals surface area contributed by atoms with Gasteiger partial charge in [-0.3, -0.25) is 9.59 Å². The Morgan fingerprint density at radius 2 is 2.20 bits per heavy atom. The zero-order valence-corrected chi connectivity index (χ0v) is 9.67.